The Labute approximate surface area is 158 Å². The van der Waals surface area contributed by atoms with Crippen molar-refractivity contribution < 1.29 is 4.79 Å². The highest BCUT2D eigenvalue weighted by Crippen LogP contribution is 2.20. The number of hydrogen-bond donors (Lipinski definition) is 2. The number of aromatic nitrogens is 1. The summed E-state index contributed by atoms with van der Waals surface area (Å²) in [6.07, 6.45) is 1.59. The van der Waals surface area contributed by atoms with E-state index in [1.54, 1.807) is 42.6 Å². The summed E-state index contributed by atoms with van der Waals surface area (Å²) >= 11 is 0. The van der Waals surface area contributed by atoms with E-state index >= 15 is 0 Å². The Morgan fingerprint density at radius 1 is 1.04 bits per heavy atom. The number of benzene rings is 2. The van der Waals surface area contributed by atoms with Crippen molar-refractivity contribution in [3.05, 3.63) is 83.6 Å². The third kappa shape index (κ3) is 4.71. The second kappa shape index (κ2) is 8.15. The molecule has 2 N–H and O–H groups in total. The fraction of sp³-hybridized carbons (Fsp3) is 0.136. The molecule has 1 heterocycles. The Hall–Kier alpha value is -3.65. The first-order valence-electron chi connectivity index (χ1n) is 8.70. The molecule has 0 aliphatic carbocycles. The minimum absolute atomic E-state index is 0.259. The lowest BCUT2D eigenvalue weighted by molar-refractivity contribution is 0.102. The Kier molecular flexibility index (Phi) is 5.48. The van der Waals surface area contributed by atoms with Crippen LogP contribution in [0.25, 0.3) is 0 Å². The van der Waals surface area contributed by atoms with Crippen molar-refractivity contribution in [3.8, 4) is 6.07 Å². The van der Waals surface area contributed by atoms with E-state index in [9.17, 15) is 4.79 Å². The molecule has 134 valence electrons. The smallest absolute Gasteiger partial charge is 0.255 e. The van der Waals surface area contributed by atoms with Crippen molar-refractivity contribution in [2.75, 3.05) is 10.6 Å². The maximum atomic E-state index is 12.5. The Morgan fingerprint density at radius 3 is 2.52 bits per heavy atom. The molecule has 0 saturated carbocycles. The van der Waals surface area contributed by atoms with E-state index in [-0.39, 0.29) is 5.91 Å². The van der Waals surface area contributed by atoms with Crippen LogP contribution in [0.2, 0.25) is 0 Å². The summed E-state index contributed by atoms with van der Waals surface area (Å²) in [5.41, 5.74) is 3.73. The lowest BCUT2D eigenvalue weighted by atomic mass is 10.0. The van der Waals surface area contributed by atoms with Gasteiger partial charge in [-0.1, -0.05) is 32.0 Å². The van der Waals surface area contributed by atoms with E-state index in [2.05, 4.69) is 47.7 Å². The summed E-state index contributed by atoms with van der Waals surface area (Å²) in [5.74, 6) is 0.806. The summed E-state index contributed by atoms with van der Waals surface area (Å²) in [7, 11) is 0. The monoisotopic (exact) mass is 356 g/mol. The molecular weight excluding hydrogens is 336 g/mol. The summed E-state index contributed by atoms with van der Waals surface area (Å²) in [6, 6.07) is 20.3. The fourth-order valence-electron chi connectivity index (χ4n) is 2.61. The van der Waals surface area contributed by atoms with Gasteiger partial charge in [0.2, 0.25) is 0 Å². The van der Waals surface area contributed by atoms with E-state index in [1.165, 1.54) is 5.56 Å². The third-order valence-electron chi connectivity index (χ3n) is 4.12. The Bertz CT molecular complexity index is 988. The summed E-state index contributed by atoms with van der Waals surface area (Å²) in [5, 5.41) is 15.0. The number of nitrogens with zero attached hydrogens (tertiary/aromatic N) is 2. The second-order valence-corrected chi connectivity index (χ2v) is 6.48. The zero-order valence-electron chi connectivity index (χ0n) is 15.2. The molecule has 0 aliphatic heterocycles. The van der Waals surface area contributed by atoms with Crippen LogP contribution >= 0.6 is 0 Å². The van der Waals surface area contributed by atoms with Gasteiger partial charge < -0.3 is 10.6 Å². The highest BCUT2D eigenvalue weighted by Gasteiger charge is 2.08. The van der Waals surface area contributed by atoms with Crippen LogP contribution < -0.4 is 10.6 Å². The standard InChI is InChI=1S/C22H20N4O/c1-15(2)17-6-8-19(9-7-17)25-21-13-18(10-11-24-21)22(27)26-20-5-3-4-16(12-20)14-23/h3-13,15H,1-2H3,(H,24,25)(H,26,27). The molecule has 3 aromatic rings. The van der Waals surface area contributed by atoms with Crippen LogP contribution in [0.4, 0.5) is 17.2 Å². The van der Waals surface area contributed by atoms with Gasteiger partial charge in [-0.05, 0) is 53.9 Å². The van der Waals surface area contributed by atoms with E-state index in [0.29, 0.717) is 28.6 Å². The molecule has 0 radical (unpaired) electrons. The van der Waals surface area contributed by atoms with Crippen LogP contribution in [0.15, 0.2) is 66.9 Å². The average molecular weight is 356 g/mol. The van der Waals surface area contributed by atoms with E-state index in [4.69, 9.17) is 5.26 Å². The zero-order chi connectivity index (χ0) is 19.2. The number of nitrogens with one attached hydrogen (secondary N) is 2. The van der Waals surface area contributed by atoms with Gasteiger partial charge in [-0.25, -0.2) is 4.98 Å². The topological polar surface area (TPSA) is 77.8 Å². The molecule has 0 bridgehead atoms. The molecule has 1 amide bonds. The van der Waals surface area contributed by atoms with Gasteiger partial charge in [0.25, 0.3) is 5.91 Å². The van der Waals surface area contributed by atoms with E-state index in [1.807, 2.05) is 12.1 Å². The molecule has 0 atom stereocenters. The molecule has 0 fully saturated rings. The number of amides is 1. The summed E-state index contributed by atoms with van der Waals surface area (Å²) in [4.78, 5) is 16.8. The van der Waals surface area contributed by atoms with Gasteiger partial charge in [-0.15, -0.1) is 0 Å². The largest absolute Gasteiger partial charge is 0.340 e. The third-order valence-corrected chi connectivity index (χ3v) is 4.12. The van der Waals surface area contributed by atoms with Gasteiger partial charge in [-0.2, -0.15) is 5.26 Å². The van der Waals surface area contributed by atoms with Crippen LogP contribution in [-0.2, 0) is 0 Å². The summed E-state index contributed by atoms with van der Waals surface area (Å²) in [6.45, 7) is 4.30. The molecule has 0 unspecified atom stereocenters. The zero-order valence-corrected chi connectivity index (χ0v) is 15.2. The van der Waals surface area contributed by atoms with Crippen LogP contribution in [0.5, 0.6) is 0 Å². The molecule has 0 spiro atoms. The van der Waals surface area contributed by atoms with Gasteiger partial charge in [0.1, 0.15) is 5.82 Å². The number of nitriles is 1. The maximum Gasteiger partial charge on any atom is 0.255 e. The first-order chi connectivity index (χ1) is 13.0. The van der Waals surface area contributed by atoms with E-state index in [0.717, 1.165) is 5.69 Å². The number of carbonyl (C=O) groups excluding carboxylic acids is 1. The van der Waals surface area contributed by atoms with Gasteiger partial charge >= 0.3 is 0 Å². The first kappa shape index (κ1) is 18.2. The fourth-order valence-corrected chi connectivity index (χ4v) is 2.61. The van der Waals surface area contributed by atoms with Crippen molar-refractivity contribution in [2.45, 2.75) is 19.8 Å². The molecule has 1 aromatic heterocycles. The predicted octanol–water partition coefficient (Wildman–Crippen LogP) is 5.07. The minimum atomic E-state index is -0.259. The Balaban J connectivity index is 1.72. The molecule has 3 rings (SSSR count). The van der Waals surface area contributed by atoms with Gasteiger partial charge in [0, 0.05) is 23.1 Å². The second-order valence-electron chi connectivity index (χ2n) is 6.48. The van der Waals surface area contributed by atoms with Crippen molar-refractivity contribution in [3.63, 3.8) is 0 Å². The van der Waals surface area contributed by atoms with Crippen molar-refractivity contribution in [1.29, 1.82) is 5.26 Å². The lowest BCUT2D eigenvalue weighted by Crippen LogP contribution is -2.12. The highest BCUT2D eigenvalue weighted by molar-refractivity contribution is 6.04. The molecule has 0 saturated heterocycles. The predicted molar refractivity (Wildman–Crippen MR) is 107 cm³/mol. The number of carbonyl (C=O) groups is 1. The van der Waals surface area contributed by atoms with Crippen molar-refractivity contribution in [2.24, 2.45) is 0 Å². The quantitative estimate of drug-likeness (QED) is 0.669. The number of anilines is 3. The highest BCUT2D eigenvalue weighted by atomic mass is 16.1. The molecular formula is C22H20N4O. The maximum absolute atomic E-state index is 12.5. The first-order valence-corrected chi connectivity index (χ1v) is 8.70. The van der Waals surface area contributed by atoms with Crippen LogP contribution in [-0.4, -0.2) is 10.9 Å². The van der Waals surface area contributed by atoms with Crippen LogP contribution in [0.3, 0.4) is 0 Å². The SMILES string of the molecule is CC(C)c1ccc(Nc2cc(C(=O)Nc3cccc(C#N)c3)ccn2)cc1. The molecule has 0 aliphatic rings. The number of pyridine rings is 1. The molecule has 27 heavy (non-hydrogen) atoms. The van der Waals surface area contributed by atoms with Crippen LogP contribution in [0.1, 0.15) is 41.3 Å². The molecule has 2 aromatic carbocycles. The minimum Gasteiger partial charge on any atom is -0.340 e. The van der Waals surface area contributed by atoms with Crippen molar-refractivity contribution in [1.82, 2.24) is 4.98 Å². The molecule has 5 heteroatoms. The number of rotatable bonds is 5. The van der Waals surface area contributed by atoms with Gasteiger partial charge in [-0.3, -0.25) is 4.79 Å². The number of hydrogen-bond acceptors (Lipinski definition) is 4. The summed E-state index contributed by atoms with van der Waals surface area (Å²) < 4.78 is 0. The molecule has 5 nitrogen and oxygen atoms in total. The van der Waals surface area contributed by atoms with Crippen LogP contribution in [0, 0.1) is 11.3 Å². The average Bonchev–Trinajstić information content (AvgIpc) is 2.68. The lowest BCUT2D eigenvalue weighted by Gasteiger charge is -2.10. The van der Waals surface area contributed by atoms with Crippen molar-refractivity contribution >= 4 is 23.1 Å². The van der Waals surface area contributed by atoms with Gasteiger partial charge in [0.05, 0.1) is 11.6 Å². The normalized spacial score (nSPS) is 10.3. The Morgan fingerprint density at radius 2 is 1.81 bits per heavy atom. The van der Waals surface area contributed by atoms with E-state index < -0.39 is 0 Å². The van der Waals surface area contributed by atoms with Gasteiger partial charge in [0.15, 0.2) is 0 Å².